The lowest BCUT2D eigenvalue weighted by molar-refractivity contribution is -0.138. The Hall–Kier alpha value is -1.30. The normalized spacial score (nSPS) is 25.2. The first kappa shape index (κ1) is 10.8. The fraction of sp³-hybridized carbons (Fsp3) is 0.857. The lowest BCUT2D eigenvalue weighted by atomic mass is 9.96. The molecule has 14 heavy (non-hydrogen) atoms. The van der Waals surface area contributed by atoms with Gasteiger partial charge in [-0.2, -0.15) is 0 Å². The molecule has 1 rings (SSSR count). The van der Waals surface area contributed by atoms with Gasteiger partial charge in [0.1, 0.15) is 6.04 Å². The van der Waals surface area contributed by atoms with E-state index in [0.717, 1.165) is 0 Å². The van der Waals surface area contributed by atoms with Crippen LogP contribution in [0.25, 0.3) is 10.4 Å². The van der Waals surface area contributed by atoms with E-state index in [1.807, 2.05) is 0 Å². The Labute approximate surface area is 81.0 Å². The van der Waals surface area contributed by atoms with Crippen molar-refractivity contribution in [1.82, 2.24) is 5.32 Å². The molecule has 1 aliphatic rings. The van der Waals surface area contributed by atoms with Crippen LogP contribution in [0, 0.1) is 0 Å². The standard InChI is InChI=1S/C7H12N4O3/c1-13-5(14-2)3-4-6(10-11-8)7(12)9-4/h4-6H,3H2,1-2H3,(H,9,12). The van der Waals surface area contributed by atoms with E-state index in [9.17, 15) is 4.79 Å². The SMILES string of the molecule is COC(CC1NC(=O)C1N=[N+]=[N-])OC. The summed E-state index contributed by atoms with van der Waals surface area (Å²) < 4.78 is 9.92. The fourth-order valence-electron chi connectivity index (χ4n) is 1.31. The van der Waals surface area contributed by atoms with Crippen LogP contribution in [0.5, 0.6) is 0 Å². The Kier molecular flexibility index (Phi) is 3.70. The maximum Gasteiger partial charge on any atom is 0.231 e. The van der Waals surface area contributed by atoms with Crippen LogP contribution in [0.1, 0.15) is 6.42 Å². The van der Waals surface area contributed by atoms with E-state index in [4.69, 9.17) is 15.0 Å². The molecule has 0 bridgehead atoms. The number of rotatable bonds is 5. The van der Waals surface area contributed by atoms with Crippen molar-refractivity contribution in [3.05, 3.63) is 10.4 Å². The molecule has 2 unspecified atom stereocenters. The lowest BCUT2D eigenvalue weighted by Crippen LogP contribution is -2.62. The molecule has 0 aliphatic carbocycles. The summed E-state index contributed by atoms with van der Waals surface area (Å²) in [4.78, 5) is 13.5. The highest BCUT2D eigenvalue weighted by atomic mass is 16.7. The third kappa shape index (κ3) is 2.14. The second kappa shape index (κ2) is 4.80. The largest absolute Gasteiger partial charge is 0.356 e. The van der Waals surface area contributed by atoms with Crippen molar-refractivity contribution < 1.29 is 14.3 Å². The number of hydrogen-bond donors (Lipinski definition) is 1. The maximum absolute atomic E-state index is 10.9. The molecule has 1 amide bonds. The van der Waals surface area contributed by atoms with Crippen LogP contribution in [0.3, 0.4) is 0 Å². The maximum atomic E-state index is 10.9. The van der Waals surface area contributed by atoms with Gasteiger partial charge in [0.15, 0.2) is 6.29 Å². The minimum atomic E-state index is -0.632. The highest BCUT2D eigenvalue weighted by Crippen LogP contribution is 2.17. The third-order valence-corrected chi connectivity index (χ3v) is 2.13. The first-order valence-corrected chi connectivity index (χ1v) is 4.13. The smallest absolute Gasteiger partial charge is 0.231 e. The van der Waals surface area contributed by atoms with Crippen molar-refractivity contribution in [2.24, 2.45) is 5.11 Å². The summed E-state index contributed by atoms with van der Waals surface area (Å²) in [5, 5.41) is 5.98. The van der Waals surface area contributed by atoms with Crippen LogP contribution in [0.2, 0.25) is 0 Å². The van der Waals surface area contributed by atoms with Crippen LogP contribution in [-0.2, 0) is 14.3 Å². The zero-order valence-corrected chi connectivity index (χ0v) is 8.01. The van der Waals surface area contributed by atoms with Gasteiger partial charge in [0, 0.05) is 25.6 Å². The highest BCUT2D eigenvalue weighted by Gasteiger charge is 2.39. The number of amides is 1. The number of hydrogen-bond acceptors (Lipinski definition) is 4. The first-order valence-electron chi connectivity index (χ1n) is 4.13. The van der Waals surface area contributed by atoms with Crippen molar-refractivity contribution in [3.63, 3.8) is 0 Å². The summed E-state index contributed by atoms with van der Waals surface area (Å²) in [6.07, 6.45) is 0.0830. The average Bonchev–Trinajstić information content (AvgIpc) is 2.20. The van der Waals surface area contributed by atoms with Crippen molar-refractivity contribution in [3.8, 4) is 0 Å². The Morgan fingerprint density at radius 3 is 2.71 bits per heavy atom. The Morgan fingerprint density at radius 2 is 2.29 bits per heavy atom. The van der Waals surface area contributed by atoms with Gasteiger partial charge in [-0.15, -0.1) is 0 Å². The van der Waals surface area contributed by atoms with Gasteiger partial charge in [-0.05, 0) is 5.53 Å². The molecule has 1 N–H and O–H groups in total. The molecule has 0 saturated carbocycles. The van der Waals surface area contributed by atoms with Gasteiger partial charge in [0.25, 0.3) is 0 Å². The molecular formula is C7H12N4O3. The van der Waals surface area contributed by atoms with Crippen molar-refractivity contribution in [2.45, 2.75) is 24.8 Å². The number of nitrogens with one attached hydrogen (secondary N) is 1. The average molecular weight is 200 g/mol. The zero-order valence-electron chi connectivity index (χ0n) is 8.01. The second-order valence-electron chi connectivity index (χ2n) is 2.90. The van der Waals surface area contributed by atoms with Crippen molar-refractivity contribution >= 4 is 5.91 Å². The van der Waals surface area contributed by atoms with E-state index in [0.29, 0.717) is 6.42 Å². The van der Waals surface area contributed by atoms with E-state index < -0.39 is 12.3 Å². The van der Waals surface area contributed by atoms with Crippen molar-refractivity contribution in [2.75, 3.05) is 14.2 Å². The number of azide groups is 1. The predicted molar refractivity (Wildman–Crippen MR) is 47.3 cm³/mol. The fourth-order valence-corrected chi connectivity index (χ4v) is 1.31. The van der Waals surface area contributed by atoms with Gasteiger partial charge in [0.2, 0.25) is 5.91 Å². The first-order chi connectivity index (χ1) is 6.72. The van der Waals surface area contributed by atoms with Gasteiger partial charge < -0.3 is 14.8 Å². The molecule has 1 aliphatic heterocycles. The number of methoxy groups -OCH3 is 2. The molecule has 1 heterocycles. The molecule has 0 aromatic carbocycles. The van der Waals surface area contributed by atoms with Gasteiger partial charge in [-0.25, -0.2) is 0 Å². The monoisotopic (exact) mass is 200 g/mol. The quantitative estimate of drug-likeness (QED) is 0.225. The van der Waals surface area contributed by atoms with Crippen LogP contribution in [0.4, 0.5) is 0 Å². The summed E-state index contributed by atoms with van der Waals surface area (Å²) in [6, 6.07) is -0.823. The van der Waals surface area contributed by atoms with Gasteiger partial charge in [-0.3, -0.25) is 4.79 Å². The molecule has 0 aromatic heterocycles. The zero-order chi connectivity index (χ0) is 10.6. The highest BCUT2D eigenvalue weighted by molar-refractivity contribution is 5.89. The molecule has 0 radical (unpaired) electrons. The third-order valence-electron chi connectivity index (χ3n) is 2.13. The summed E-state index contributed by atoms with van der Waals surface area (Å²) in [5.41, 5.74) is 8.20. The Morgan fingerprint density at radius 1 is 1.64 bits per heavy atom. The van der Waals surface area contributed by atoms with Gasteiger partial charge >= 0.3 is 0 Å². The summed E-state index contributed by atoms with van der Waals surface area (Å²) in [5.74, 6) is -0.251. The van der Waals surface area contributed by atoms with Gasteiger partial charge in [0.05, 0.1) is 6.04 Å². The minimum Gasteiger partial charge on any atom is -0.356 e. The van der Waals surface area contributed by atoms with E-state index in [-0.39, 0.29) is 11.9 Å². The molecule has 7 heteroatoms. The van der Waals surface area contributed by atoms with Crippen LogP contribution in [0.15, 0.2) is 5.11 Å². The minimum absolute atomic E-state index is 0.191. The van der Waals surface area contributed by atoms with E-state index in [1.165, 1.54) is 14.2 Å². The topological polar surface area (TPSA) is 96.3 Å². The van der Waals surface area contributed by atoms with Crippen LogP contribution < -0.4 is 5.32 Å². The molecule has 7 nitrogen and oxygen atoms in total. The molecule has 1 saturated heterocycles. The van der Waals surface area contributed by atoms with E-state index in [1.54, 1.807) is 0 Å². The molecule has 2 atom stereocenters. The second-order valence-corrected chi connectivity index (χ2v) is 2.90. The van der Waals surface area contributed by atoms with Crippen LogP contribution in [-0.4, -0.2) is 38.5 Å². The molecule has 78 valence electrons. The number of nitrogens with zero attached hydrogens (tertiary/aromatic N) is 3. The molecule has 0 spiro atoms. The molecule has 1 fully saturated rings. The molecule has 0 aromatic rings. The number of carbonyl (C=O) groups is 1. The van der Waals surface area contributed by atoms with Crippen molar-refractivity contribution in [1.29, 1.82) is 0 Å². The predicted octanol–water partition coefficient (Wildman–Crippen LogP) is 0.173. The number of ether oxygens (including phenoxy) is 2. The lowest BCUT2D eigenvalue weighted by Gasteiger charge is -2.35. The summed E-state index contributed by atoms with van der Waals surface area (Å²) in [7, 11) is 3.02. The molecular weight excluding hydrogens is 188 g/mol. The summed E-state index contributed by atoms with van der Waals surface area (Å²) >= 11 is 0. The van der Waals surface area contributed by atoms with E-state index >= 15 is 0 Å². The Balaban J connectivity index is 2.46. The Bertz CT molecular complexity index is 258. The summed E-state index contributed by atoms with van der Waals surface area (Å²) in [6.45, 7) is 0. The van der Waals surface area contributed by atoms with Gasteiger partial charge in [-0.1, -0.05) is 5.11 Å². The van der Waals surface area contributed by atoms with Crippen LogP contribution >= 0.6 is 0 Å². The number of β-lactam (4-membered cyclic amide) rings is 1. The van der Waals surface area contributed by atoms with E-state index in [2.05, 4.69) is 15.3 Å². The number of carbonyl (C=O) groups excluding carboxylic acids is 1.